The average molecular weight is 379 g/mol. The third-order valence-corrected chi connectivity index (χ3v) is 4.15. The van der Waals surface area contributed by atoms with Crippen LogP contribution in [-0.4, -0.2) is 42.0 Å². The summed E-state index contributed by atoms with van der Waals surface area (Å²) in [5.41, 5.74) is 2.23. The van der Waals surface area contributed by atoms with E-state index in [1.54, 1.807) is 13.3 Å². The molecule has 3 aromatic rings. The number of hydrogen-bond acceptors (Lipinski definition) is 7. The van der Waals surface area contributed by atoms with Crippen LogP contribution in [0.15, 0.2) is 54.7 Å². The van der Waals surface area contributed by atoms with Crippen LogP contribution in [0, 0.1) is 6.92 Å². The third kappa shape index (κ3) is 5.09. The number of rotatable bonds is 9. The van der Waals surface area contributed by atoms with E-state index in [0.29, 0.717) is 24.9 Å². The van der Waals surface area contributed by atoms with Gasteiger partial charge in [0.25, 0.3) is 5.95 Å². The van der Waals surface area contributed by atoms with Gasteiger partial charge in [0.15, 0.2) is 5.82 Å². The summed E-state index contributed by atoms with van der Waals surface area (Å²) in [6.45, 7) is 5.97. The maximum atomic E-state index is 5.72. The van der Waals surface area contributed by atoms with Crippen molar-refractivity contribution in [2.24, 2.45) is 0 Å². The summed E-state index contributed by atoms with van der Waals surface area (Å²) in [4.78, 5) is 6.61. The number of aromatic nitrogens is 3. The van der Waals surface area contributed by atoms with Gasteiger partial charge in [-0.25, -0.2) is 0 Å². The van der Waals surface area contributed by atoms with Gasteiger partial charge in [-0.1, -0.05) is 12.1 Å². The SMILES string of the molecule is CCN(c1cccc(C)c1)c1nncc(NCCOc2ccc(OC)cc2)n1. The van der Waals surface area contributed by atoms with E-state index in [4.69, 9.17) is 9.47 Å². The second-order valence-corrected chi connectivity index (χ2v) is 6.18. The Morgan fingerprint density at radius 2 is 1.86 bits per heavy atom. The van der Waals surface area contributed by atoms with Crippen LogP contribution < -0.4 is 19.7 Å². The van der Waals surface area contributed by atoms with E-state index in [1.165, 1.54) is 5.56 Å². The number of hydrogen-bond donors (Lipinski definition) is 1. The molecule has 0 fully saturated rings. The third-order valence-electron chi connectivity index (χ3n) is 4.15. The average Bonchev–Trinajstić information content (AvgIpc) is 2.73. The number of benzene rings is 2. The smallest absolute Gasteiger partial charge is 0.251 e. The van der Waals surface area contributed by atoms with E-state index in [1.807, 2.05) is 41.3 Å². The van der Waals surface area contributed by atoms with Crippen LogP contribution in [0.4, 0.5) is 17.5 Å². The Kier molecular flexibility index (Phi) is 6.62. The highest BCUT2D eigenvalue weighted by Crippen LogP contribution is 2.23. The zero-order chi connectivity index (χ0) is 19.8. The molecule has 0 saturated carbocycles. The molecule has 0 aliphatic carbocycles. The molecule has 0 atom stereocenters. The van der Waals surface area contributed by atoms with Crippen molar-refractivity contribution in [1.29, 1.82) is 0 Å². The molecule has 7 heteroatoms. The summed E-state index contributed by atoms with van der Waals surface area (Å²) in [5, 5.41) is 11.5. The number of anilines is 3. The van der Waals surface area contributed by atoms with E-state index in [-0.39, 0.29) is 0 Å². The highest BCUT2D eigenvalue weighted by atomic mass is 16.5. The molecule has 1 N–H and O–H groups in total. The van der Waals surface area contributed by atoms with Gasteiger partial charge in [0.1, 0.15) is 18.1 Å². The first-order valence-electron chi connectivity index (χ1n) is 9.24. The maximum absolute atomic E-state index is 5.72. The van der Waals surface area contributed by atoms with E-state index >= 15 is 0 Å². The number of nitrogens with zero attached hydrogens (tertiary/aromatic N) is 4. The van der Waals surface area contributed by atoms with Crippen molar-refractivity contribution in [3.63, 3.8) is 0 Å². The molecule has 2 aromatic carbocycles. The first-order valence-corrected chi connectivity index (χ1v) is 9.24. The number of nitrogens with one attached hydrogen (secondary N) is 1. The normalized spacial score (nSPS) is 10.4. The van der Waals surface area contributed by atoms with Crippen molar-refractivity contribution in [3.8, 4) is 11.5 Å². The van der Waals surface area contributed by atoms with Crippen molar-refractivity contribution >= 4 is 17.5 Å². The van der Waals surface area contributed by atoms with Gasteiger partial charge in [0, 0.05) is 12.2 Å². The fourth-order valence-corrected chi connectivity index (χ4v) is 2.75. The lowest BCUT2D eigenvalue weighted by atomic mass is 10.2. The zero-order valence-corrected chi connectivity index (χ0v) is 16.4. The second kappa shape index (κ2) is 9.55. The molecular formula is C21H25N5O2. The molecule has 0 aliphatic rings. The Balaban J connectivity index is 1.58. The fraction of sp³-hybridized carbons (Fsp3) is 0.286. The fourth-order valence-electron chi connectivity index (χ4n) is 2.75. The summed E-state index contributed by atoms with van der Waals surface area (Å²) < 4.78 is 10.9. The maximum Gasteiger partial charge on any atom is 0.251 e. The minimum Gasteiger partial charge on any atom is -0.497 e. The summed E-state index contributed by atoms with van der Waals surface area (Å²) in [6.07, 6.45) is 1.61. The highest BCUT2D eigenvalue weighted by molar-refractivity contribution is 5.58. The molecule has 1 heterocycles. The standard InChI is InChI=1S/C21H25N5O2/c1-4-26(17-7-5-6-16(2)14-17)21-24-20(15-23-25-21)22-12-13-28-19-10-8-18(27-3)9-11-19/h5-11,14-15H,4,12-13H2,1-3H3,(H,22,24,25). The van der Waals surface area contributed by atoms with E-state index in [2.05, 4.69) is 46.5 Å². The van der Waals surface area contributed by atoms with Crippen molar-refractivity contribution in [1.82, 2.24) is 15.2 Å². The predicted octanol–water partition coefficient (Wildman–Crippen LogP) is 3.84. The molecule has 0 radical (unpaired) electrons. The lowest BCUT2D eigenvalue weighted by molar-refractivity contribution is 0.331. The Labute approximate surface area is 165 Å². The van der Waals surface area contributed by atoms with Crippen molar-refractivity contribution in [2.45, 2.75) is 13.8 Å². The molecule has 0 spiro atoms. The van der Waals surface area contributed by atoms with Gasteiger partial charge in [-0.3, -0.25) is 0 Å². The van der Waals surface area contributed by atoms with Crippen LogP contribution >= 0.6 is 0 Å². The van der Waals surface area contributed by atoms with Gasteiger partial charge >= 0.3 is 0 Å². The van der Waals surface area contributed by atoms with Gasteiger partial charge in [-0.15, -0.1) is 5.10 Å². The van der Waals surface area contributed by atoms with E-state index in [9.17, 15) is 0 Å². The monoisotopic (exact) mass is 379 g/mol. The first-order chi connectivity index (χ1) is 13.7. The molecule has 146 valence electrons. The predicted molar refractivity (Wildman–Crippen MR) is 111 cm³/mol. The summed E-state index contributed by atoms with van der Waals surface area (Å²) in [5.74, 6) is 2.82. The molecular weight excluding hydrogens is 354 g/mol. The van der Waals surface area contributed by atoms with Gasteiger partial charge < -0.3 is 19.7 Å². The van der Waals surface area contributed by atoms with Crippen LogP contribution in [0.25, 0.3) is 0 Å². The van der Waals surface area contributed by atoms with Gasteiger partial charge in [-0.05, 0) is 55.8 Å². The van der Waals surface area contributed by atoms with Crippen LogP contribution in [0.3, 0.4) is 0 Å². The van der Waals surface area contributed by atoms with Gasteiger partial charge in [0.05, 0.1) is 19.9 Å². The molecule has 0 saturated heterocycles. The molecule has 7 nitrogen and oxygen atoms in total. The van der Waals surface area contributed by atoms with Crippen LogP contribution in [0.5, 0.6) is 11.5 Å². The Morgan fingerprint density at radius 1 is 1.07 bits per heavy atom. The van der Waals surface area contributed by atoms with Gasteiger partial charge in [0.2, 0.25) is 0 Å². The highest BCUT2D eigenvalue weighted by Gasteiger charge is 2.11. The quantitative estimate of drug-likeness (QED) is 0.566. The molecule has 28 heavy (non-hydrogen) atoms. The molecule has 1 aromatic heterocycles. The molecule has 0 amide bonds. The number of aryl methyl sites for hydroxylation is 1. The topological polar surface area (TPSA) is 72.4 Å². The first kappa shape index (κ1) is 19.4. The number of ether oxygens (including phenoxy) is 2. The Hall–Kier alpha value is -3.35. The van der Waals surface area contributed by atoms with Gasteiger partial charge in [-0.2, -0.15) is 10.1 Å². The second-order valence-electron chi connectivity index (χ2n) is 6.18. The Morgan fingerprint density at radius 3 is 2.57 bits per heavy atom. The van der Waals surface area contributed by atoms with Crippen molar-refractivity contribution in [3.05, 3.63) is 60.3 Å². The largest absolute Gasteiger partial charge is 0.497 e. The minimum atomic E-state index is 0.501. The Bertz CT molecular complexity index is 886. The van der Waals surface area contributed by atoms with Crippen LogP contribution in [0.2, 0.25) is 0 Å². The molecule has 0 unspecified atom stereocenters. The summed E-state index contributed by atoms with van der Waals surface area (Å²) in [7, 11) is 1.64. The van der Waals surface area contributed by atoms with E-state index < -0.39 is 0 Å². The summed E-state index contributed by atoms with van der Waals surface area (Å²) in [6, 6.07) is 15.7. The lowest BCUT2D eigenvalue weighted by Gasteiger charge is -2.21. The molecule has 3 rings (SSSR count). The summed E-state index contributed by atoms with van der Waals surface area (Å²) >= 11 is 0. The van der Waals surface area contributed by atoms with E-state index in [0.717, 1.165) is 23.7 Å². The van der Waals surface area contributed by atoms with Crippen molar-refractivity contribution in [2.75, 3.05) is 37.0 Å². The zero-order valence-electron chi connectivity index (χ0n) is 16.4. The molecule has 0 aliphatic heterocycles. The number of methoxy groups -OCH3 is 1. The molecule has 0 bridgehead atoms. The minimum absolute atomic E-state index is 0.501. The van der Waals surface area contributed by atoms with Crippen molar-refractivity contribution < 1.29 is 9.47 Å². The van der Waals surface area contributed by atoms with Crippen LogP contribution in [0.1, 0.15) is 12.5 Å². The lowest BCUT2D eigenvalue weighted by Crippen LogP contribution is -2.20. The van der Waals surface area contributed by atoms with Crippen LogP contribution in [-0.2, 0) is 0 Å².